The van der Waals surface area contributed by atoms with E-state index in [0.29, 0.717) is 5.75 Å². The Hall–Kier alpha value is -2.37. The maximum Gasteiger partial charge on any atom is 0.408 e. The van der Waals surface area contributed by atoms with Gasteiger partial charge in [-0.1, -0.05) is 0 Å². The molecule has 110 valence electrons. The van der Waals surface area contributed by atoms with Crippen molar-refractivity contribution in [1.29, 1.82) is 0 Å². The fourth-order valence-corrected chi connectivity index (χ4v) is 2.63. The molecule has 0 aliphatic rings. The van der Waals surface area contributed by atoms with Gasteiger partial charge in [0.15, 0.2) is 0 Å². The van der Waals surface area contributed by atoms with Gasteiger partial charge in [0.1, 0.15) is 11.5 Å². The van der Waals surface area contributed by atoms with Gasteiger partial charge in [0.2, 0.25) is 0 Å². The predicted octanol–water partition coefficient (Wildman–Crippen LogP) is 2.49. The highest BCUT2D eigenvalue weighted by molar-refractivity contribution is 7.61. The van der Waals surface area contributed by atoms with Gasteiger partial charge in [0.25, 0.3) is 5.69 Å². The van der Waals surface area contributed by atoms with Gasteiger partial charge >= 0.3 is 7.60 Å². The zero-order valence-electron chi connectivity index (χ0n) is 11.0. The third-order valence-electron chi connectivity index (χ3n) is 2.68. The highest BCUT2D eigenvalue weighted by Crippen LogP contribution is 2.42. The first-order chi connectivity index (χ1) is 9.92. The molecule has 0 aliphatic carbocycles. The standard InChI is InChI=1S/C13H12NO6P/c1-19-11-4-6-12(7-5-11)20-21(17,18)13-8-2-10(3-9-13)14(15)16/h2-9H,1H3,(H,17,18). The van der Waals surface area contributed by atoms with Crippen molar-refractivity contribution >= 4 is 18.6 Å². The smallest absolute Gasteiger partial charge is 0.408 e. The number of ether oxygens (including phenoxy) is 1. The van der Waals surface area contributed by atoms with Crippen LogP contribution in [0.4, 0.5) is 5.69 Å². The summed E-state index contributed by atoms with van der Waals surface area (Å²) in [7, 11) is -2.60. The number of nitro benzene ring substituents is 1. The minimum atomic E-state index is -4.10. The first-order valence-electron chi connectivity index (χ1n) is 5.84. The maximum atomic E-state index is 12.2. The fourth-order valence-electron chi connectivity index (χ4n) is 1.59. The van der Waals surface area contributed by atoms with Gasteiger partial charge < -0.3 is 14.2 Å². The quantitative estimate of drug-likeness (QED) is 0.517. The summed E-state index contributed by atoms with van der Waals surface area (Å²) in [4.78, 5) is 19.9. The molecule has 2 aromatic carbocycles. The van der Waals surface area contributed by atoms with Gasteiger partial charge in [0, 0.05) is 12.1 Å². The summed E-state index contributed by atoms with van der Waals surface area (Å²) in [5.41, 5.74) is -0.164. The second-order valence-corrected chi connectivity index (χ2v) is 5.80. The molecular weight excluding hydrogens is 297 g/mol. The Kier molecular flexibility index (Phi) is 4.26. The summed E-state index contributed by atoms with van der Waals surface area (Å²) in [6.07, 6.45) is 0. The average molecular weight is 309 g/mol. The predicted molar refractivity (Wildman–Crippen MR) is 76.2 cm³/mol. The van der Waals surface area contributed by atoms with Crippen LogP contribution in [-0.4, -0.2) is 16.9 Å². The molecule has 0 bridgehead atoms. The van der Waals surface area contributed by atoms with E-state index in [1.165, 1.54) is 31.4 Å². The van der Waals surface area contributed by atoms with Crippen molar-refractivity contribution in [1.82, 2.24) is 0 Å². The summed E-state index contributed by atoms with van der Waals surface area (Å²) in [5, 5.41) is 10.5. The highest BCUT2D eigenvalue weighted by atomic mass is 31.2. The van der Waals surface area contributed by atoms with Crippen LogP contribution in [0.15, 0.2) is 48.5 Å². The second-order valence-electron chi connectivity index (χ2n) is 4.06. The molecule has 0 aliphatic heterocycles. The van der Waals surface area contributed by atoms with Crippen LogP contribution in [-0.2, 0) is 4.57 Å². The summed E-state index contributed by atoms with van der Waals surface area (Å²) < 4.78 is 22.2. The summed E-state index contributed by atoms with van der Waals surface area (Å²) in [6.45, 7) is 0. The minimum absolute atomic E-state index is 0.0241. The van der Waals surface area contributed by atoms with Gasteiger partial charge in [-0.05, 0) is 36.4 Å². The van der Waals surface area contributed by atoms with Gasteiger partial charge in [-0.15, -0.1) is 0 Å². The molecule has 1 atom stereocenters. The van der Waals surface area contributed by atoms with E-state index < -0.39 is 12.5 Å². The van der Waals surface area contributed by atoms with Crippen molar-refractivity contribution in [3.63, 3.8) is 0 Å². The van der Waals surface area contributed by atoms with Crippen molar-refractivity contribution in [2.24, 2.45) is 0 Å². The number of methoxy groups -OCH3 is 1. The lowest BCUT2D eigenvalue weighted by atomic mass is 10.3. The molecule has 0 saturated carbocycles. The topological polar surface area (TPSA) is 98.9 Å². The van der Waals surface area contributed by atoms with Gasteiger partial charge in [-0.2, -0.15) is 0 Å². The number of hydrogen-bond acceptors (Lipinski definition) is 5. The third-order valence-corrected chi connectivity index (χ3v) is 4.08. The van der Waals surface area contributed by atoms with Gasteiger partial charge in [0.05, 0.1) is 17.3 Å². The van der Waals surface area contributed by atoms with E-state index >= 15 is 0 Å². The normalized spacial score (nSPS) is 13.2. The number of hydrogen-bond donors (Lipinski definition) is 1. The van der Waals surface area contributed by atoms with Crippen LogP contribution >= 0.6 is 7.60 Å². The van der Waals surface area contributed by atoms with E-state index in [1.807, 2.05) is 0 Å². The molecule has 1 unspecified atom stereocenters. The minimum Gasteiger partial charge on any atom is -0.497 e. The van der Waals surface area contributed by atoms with Crippen LogP contribution < -0.4 is 14.6 Å². The highest BCUT2D eigenvalue weighted by Gasteiger charge is 2.25. The van der Waals surface area contributed by atoms with E-state index in [2.05, 4.69) is 0 Å². The molecule has 8 heteroatoms. The number of non-ortho nitro benzene ring substituents is 1. The van der Waals surface area contributed by atoms with Crippen molar-refractivity contribution in [2.75, 3.05) is 7.11 Å². The van der Waals surface area contributed by atoms with Gasteiger partial charge in [-0.3, -0.25) is 10.1 Å². The second kappa shape index (κ2) is 5.95. The zero-order valence-corrected chi connectivity index (χ0v) is 11.9. The Morgan fingerprint density at radius 3 is 2.05 bits per heavy atom. The number of rotatable bonds is 5. The van der Waals surface area contributed by atoms with Crippen molar-refractivity contribution in [3.05, 3.63) is 58.6 Å². The largest absolute Gasteiger partial charge is 0.497 e. The number of benzene rings is 2. The van der Waals surface area contributed by atoms with Crippen LogP contribution in [0.1, 0.15) is 0 Å². The van der Waals surface area contributed by atoms with Crippen LogP contribution in [0.5, 0.6) is 11.5 Å². The van der Waals surface area contributed by atoms with Crippen LogP contribution in [0, 0.1) is 10.1 Å². The number of nitrogens with zero attached hydrogens (tertiary/aromatic N) is 1. The Bertz CT molecular complexity index is 683. The molecule has 7 nitrogen and oxygen atoms in total. The lowest BCUT2D eigenvalue weighted by molar-refractivity contribution is -0.384. The summed E-state index contributed by atoms with van der Waals surface area (Å²) in [5.74, 6) is 0.783. The fraction of sp³-hybridized carbons (Fsp3) is 0.0769. The van der Waals surface area contributed by atoms with Crippen molar-refractivity contribution in [2.45, 2.75) is 0 Å². The zero-order chi connectivity index (χ0) is 15.5. The molecule has 0 radical (unpaired) electrons. The lowest BCUT2D eigenvalue weighted by Gasteiger charge is -2.13. The first kappa shape index (κ1) is 15.0. The third kappa shape index (κ3) is 3.59. The molecule has 2 rings (SSSR count). The molecule has 0 heterocycles. The van der Waals surface area contributed by atoms with Crippen LogP contribution in [0.25, 0.3) is 0 Å². The average Bonchev–Trinajstić information content (AvgIpc) is 2.48. The van der Waals surface area contributed by atoms with E-state index in [9.17, 15) is 19.6 Å². The Labute approximate surface area is 120 Å². The SMILES string of the molecule is COc1ccc(OP(=O)(O)c2ccc([N+](=O)[O-])cc2)cc1. The van der Waals surface area contributed by atoms with E-state index in [0.717, 1.165) is 12.1 Å². The van der Waals surface area contributed by atoms with Crippen molar-refractivity contribution in [3.8, 4) is 11.5 Å². The molecule has 2 aromatic rings. The molecule has 0 fully saturated rings. The summed E-state index contributed by atoms with van der Waals surface area (Å²) >= 11 is 0. The monoisotopic (exact) mass is 309 g/mol. The molecule has 0 spiro atoms. The molecule has 0 saturated heterocycles. The molecule has 21 heavy (non-hydrogen) atoms. The van der Waals surface area contributed by atoms with Crippen molar-refractivity contribution < 1.29 is 23.6 Å². The Balaban J connectivity index is 2.20. The molecule has 0 amide bonds. The van der Waals surface area contributed by atoms with E-state index in [-0.39, 0.29) is 16.7 Å². The molecule has 1 N–H and O–H groups in total. The first-order valence-corrected chi connectivity index (χ1v) is 7.41. The van der Waals surface area contributed by atoms with E-state index in [1.54, 1.807) is 12.1 Å². The molecule has 0 aromatic heterocycles. The Morgan fingerprint density at radius 2 is 1.57 bits per heavy atom. The van der Waals surface area contributed by atoms with Crippen LogP contribution in [0.3, 0.4) is 0 Å². The van der Waals surface area contributed by atoms with Gasteiger partial charge in [-0.25, -0.2) is 4.57 Å². The summed E-state index contributed by atoms with van der Waals surface area (Å²) in [6, 6.07) is 10.9. The molecular formula is C13H12NO6P. The lowest BCUT2D eigenvalue weighted by Crippen LogP contribution is -2.09. The van der Waals surface area contributed by atoms with E-state index in [4.69, 9.17) is 9.26 Å². The van der Waals surface area contributed by atoms with Crippen LogP contribution in [0.2, 0.25) is 0 Å². The maximum absolute atomic E-state index is 12.2. The Morgan fingerprint density at radius 1 is 1.05 bits per heavy atom. The number of nitro groups is 1.